The standard InChI is InChI=1S/C17H21NO2/c19-13-11-18-12-14-20-17(15-7-3-1-4-8-15)16-9-5-2-6-10-16/h1-10,17-19H,11-14H2. The van der Waals surface area contributed by atoms with Crippen LogP contribution in [-0.2, 0) is 4.74 Å². The van der Waals surface area contributed by atoms with E-state index in [9.17, 15) is 0 Å². The highest BCUT2D eigenvalue weighted by Gasteiger charge is 2.13. The van der Waals surface area contributed by atoms with E-state index >= 15 is 0 Å². The van der Waals surface area contributed by atoms with Crippen molar-refractivity contribution >= 4 is 0 Å². The first-order chi connectivity index (χ1) is 9.92. The zero-order chi connectivity index (χ0) is 14.0. The summed E-state index contributed by atoms with van der Waals surface area (Å²) in [5.41, 5.74) is 2.31. The summed E-state index contributed by atoms with van der Waals surface area (Å²) in [6, 6.07) is 20.5. The van der Waals surface area contributed by atoms with Gasteiger partial charge in [-0.1, -0.05) is 60.7 Å². The summed E-state index contributed by atoms with van der Waals surface area (Å²) in [5.74, 6) is 0. The molecule has 20 heavy (non-hydrogen) atoms. The summed E-state index contributed by atoms with van der Waals surface area (Å²) < 4.78 is 6.02. The molecular formula is C17H21NO2. The second-order valence-electron chi connectivity index (χ2n) is 4.55. The minimum atomic E-state index is -0.0478. The predicted molar refractivity (Wildman–Crippen MR) is 80.6 cm³/mol. The first-order valence-corrected chi connectivity index (χ1v) is 6.95. The monoisotopic (exact) mass is 271 g/mol. The van der Waals surface area contributed by atoms with Gasteiger partial charge in [0.25, 0.3) is 0 Å². The van der Waals surface area contributed by atoms with Crippen molar-refractivity contribution < 1.29 is 9.84 Å². The van der Waals surface area contributed by atoms with Crippen molar-refractivity contribution in [3.8, 4) is 0 Å². The molecule has 0 aliphatic carbocycles. The number of aliphatic hydroxyl groups is 1. The van der Waals surface area contributed by atoms with E-state index < -0.39 is 0 Å². The molecule has 0 aromatic heterocycles. The molecule has 106 valence electrons. The number of benzene rings is 2. The van der Waals surface area contributed by atoms with E-state index in [2.05, 4.69) is 29.6 Å². The van der Waals surface area contributed by atoms with Crippen LogP contribution < -0.4 is 5.32 Å². The normalized spacial score (nSPS) is 10.9. The molecule has 2 aromatic carbocycles. The van der Waals surface area contributed by atoms with Crippen LogP contribution in [0.3, 0.4) is 0 Å². The molecule has 3 nitrogen and oxygen atoms in total. The lowest BCUT2D eigenvalue weighted by Gasteiger charge is -2.19. The summed E-state index contributed by atoms with van der Waals surface area (Å²) in [7, 11) is 0. The molecule has 2 N–H and O–H groups in total. The van der Waals surface area contributed by atoms with Crippen molar-refractivity contribution in [1.29, 1.82) is 0 Å². The third-order valence-electron chi connectivity index (χ3n) is 3.06. The Labute approximate surface area is 120 Å². The minimum Gasteiger partial charge on any atom is -0.395 e. The van der Waals surface area contributed by atoms with Crippen molar-refractivity contribution in [2.75, 3.05) is 26.3 Å². The highest BCUT2D eigenvalue weighted by molar-refractivity contribution is 5.29. The number of aliphatic hydroxyl groups excluding tert-OH is 1. The van der Waals surface area contributed by atoms with E-state index in [1.54, 1.807) is 0 Å². The number of nitrogens with one attached hydrogen (secondary N) is 1. The predicted octanol–water partition coefficient (Wildman–Crippen LogP) is 2.37. The van der Waals surface area contributed by atoms with E-state index in [4.69, 9.17) is 9.84 Å². The fraction of sp³-hybridized carbons (Fsp3) is 0.294. The number of hydrogen-bond acceptors (Lipinski definition) is 3. The Balaban J connectivity index is 2.02. The molecule has 0 heterocycles. The van der Waals surface area contributed by atoms with Crippen LogP contribution in [0.5, 0.6) is 0 Å². The van der Waals surface area contributed by atoms with Gasteiger partial charge in [0.05, 0.1) is 13.2 Å². The second-order valence-corrected chi connectivity index (χ2v) is 4.55. The Morgan fingerprint density at radius 1 is 0.850 bits per heavy atom. The summed E-state index contributed by atoms with van der Waals surface area (Å²) in [5, 5.41) is 11.8. The van der Waals surface area contributed by atoms with E-state index in [0.29, 0.717) is 13.2 Å². The van der Waals surface area contributed by atoms with Gasteiger partial charge in [-0.05, 0) is 11.1 Å². The second kappa shape index (κ2) is 8.48. The van der Waals surface area contributed by atoms with E-state index in [1.807, 2.05) is 36.4 Å². The molecule has 2 aromatic rings. The summed E-state index contributed by atoms with van der Waals surface area (Å²) in [6.45, 7) is 2.09. The third-order valence-corrected chi connectivity index (χ3v) is 3.06. The maximum atomic E-state index is 8.73. The maximum Gasteiger partial charge on any atom is 0.108 e. The van der Waals surface area contributed by atoms with Gasteiger partial charge < -0.3 is 15.2 Å². The van der Waals surface area contributed by atoms with Crippen LogP contribution in [0.4, 0.5) is 0 Å². The van der Waals surface area contributed by atoms with Crippen molar-refractivity contribution in [1.82, 2.24) is 5.32 Å². The smallest absolute Gasteiger partial charge is 0.108 e. The van der Waals surface area contributed by atoms with Crippen LogP contribution in [0.1, 0.15) is 17.2 Å². The van der Waals surface area contributed by atoms with Gasteiger partial charge in [0.1, 0.15) is 6.10 Å². The van der Waals surface area contributed by atoms with Gasteiger partial charge >= 0.3 is 0 Å². The quantitative estimate of drug-likeness (QED) is 0.724. The highest BCUT2D eigenvalue weighted by Crippen LogP contribution is 2.25. The lowest BCUT2D eigenvalue weighted by molar-refractivity contribution is 0.0815. The molecule has 0 aliphatic heterocycles. The van der Waals surface area contributed by atoms with Crippen LogP contribution in [0, 0.1) is 0 Å². The van der Waals surface area contributed by atoms with Crippen LogP contribution in [0.15, 0.2) is 60.7 Å². The van der Waals surface area contributed by atoms with E-state index in [0.717, 1.165) is 17.7 Å². The molecule has 0 bridgehead atoms. The number of rotatable bonds is 8. The minimum absolute atomic E-state index is 0.0478. The molecule has 0 fully saturated rings. The van der Waals surface area contributed by atoms with Gasteiger partial charge in [0.15, 0.2) is 0 Å². The topological polar surface area (TPSA) is 41.5 Å². The Bertz CT molecular complexity index is 433. The molecule has 0 unspecified atom stereocenters. The van der Waals surface area contributed by atoms with Gasteiger partial charge in [-0.3, -0.25) is 0 Å². The number of hydrogen-bond donors (Lipinski definition) is 2. The van der Waals surface area contributed by atoms with Gasteiger partial charge in [-0.15, -0.1) is 0 Å². The molecule has 0 radical (unpaired) electrons. The van der Waals surface area contributed by atoms with E-state index in [1.165, 1.54) is 0 Å². The Morgan fingerprint density at radius 2 is 1.40 bits per heavy atom. The molecule has 0 saturated heterocycles. The maximum absolute atomic E-state index is 8.73. The van der Waals surface area contributed by atoms with Crippen molar-refractivity contribution in [2.24, 2.45) is 0 Å². The van der Waals surface area contributed by atoms with Crippen molar-refractivity contribution in [2.45, 2.75) is 6.10 Å². The van der Waals surface area contributed by atoms with Crippen molar-refractivity contribution in [3.05, 3.63) is 71.8 Å². The average molecular weight is 271 g/mol. The Morgan fingerprint density at radius 3 is 1.90 bits per heavy atom. The van der Waals surface area contributed by atoms with Gasteiger partial charge in [0, 0.05) is 13.1 Å². The lowest BCUT2D eigenvalue weighted by atomic mass is 10.0. The fourth-order valence-electron chi connectivity index (χ4n) is 2.09. The first-order valence-electron chi connectivity index (χ1n) is 6.95. The van der Waals surface area contributed by atoms with Gasteiger partial charge in [-0.2, -0.15) is 0 Å². The largest absolute Gasteiger partial charge is 0.395 e. The highest BCUT2D eigenvalue weighted by atomic mass is 16.5. The first kappa shape index (κ1) is 14.7. The average Bonchev–Trinajstić information content (AvgIpc) is 2.53. The molecule has 0 amide bonds. The van der Waals surface area contributed by atoms with Crippen LogP contribution in [0.2, 0.25) is 0 Å². The zero-order valence-electron chi connectivity index (χ0n) is 11.5. The molecular weight excluding hydrogens is 250 g/mol. The summed E-state index contributed by atoms with van der Waals surface area (Å²) in [4.78, 5) is 0. The molecule has 0 atom stereocenters. The SMILES string of the molecule is OCCNCCOC(c1ccccc1)c1ccccc1. The molecule has 0 aliphatic rings. The lowest BCUT2D eigenvalue weighted by Crippen LogP contribution is -2.24. The molecule has 3 heteroatoms. The molecule has 0 saturated carbocycles. The van der Waals surface area contributed by atoms with Gasteiger partial charge in [-0.25, -0.2) is 0 Å². The van der Waals surface area contributed by atoms with Crippen LogP contribution >= 0.6 is 0 Å². The van der Waals surface area contributed by atoms with Crippen LogP contribution in [-0.4, -0.2) is 31.4 Å². The summed E-state index contributed by atoms with van der Waals surface area (Å²) >= 11 is 0. The fourth-order valence-corrected chi connectivity index (χ4v) is 2.09. The number of ether oxygens (including phenoxy) is 1. The van der Waals surface area contributed by atoms with E-state index in [-0.39, 0.29) is 12.7 Å². The third kappa shape index (κ3) is 4.46. The van der Waals surface area contributed by atoms with Crippen LogP contribution in [0.25, 0.3) is 0 Å². The molecule has 0 spiro atoms. The van der Waals surface area contributed by atoms with Crippen molar-refractivity contribution in [3.63, 3.8) is 0 Å². The Hall–Kier alpha value is -1.68. The molecule has 2 rings (SSSR count). The van der Waals surface area contributed by atoms with Gasteiger partial charge in [0.2, 0.25) is 0 Å². The Kier molecular flexibility index (Phi) is 6.24. The zero-order valence-corrected chi connectivity index (χ0v) is 11.5. The summed E-state index contributed by atoms with van der Waals surface area (Å²) in [6.07, 6.45) is -0.0478.